The molecule has 0 fully saturated rings. The molecule has 2 aromatic heterocycles. The summed E-state index contributed by atoms with van der Waals surface area (Å²) < 4.78 is 6.17. The lowest BCUT2D eigenvalue weighted by Gasteiger charge is -2.46. The van der Waals surface area contributed by atoms with E-state index in [1.165, 1.54) is 32.0 Å². The smallest absolute Gasteiger partial charge is 0.148 e. The van der Waals surface area contributed by atoms with Crippen molar-refractivity contribution in [1.82, 2.24) is 0 Å². The summed E-state index contributed by atoms with van der Waals surface area (Å²) in [5, 5.41) is 0. The SMILES string of the molecule is Cc1oc2c(c1C)C(C)(C)C(C)(C)c1c-2sc(C)c1C. The molecule has 20 heavy (non-hydrogen) atoms. The van der Waals surface area contributed by atoms with E-state index >= 15 is 0 Å². The molecule has 2 aromatic rings. The molecule has 1 aliphatic carbocycles. The zero-order valence-corrected chi connectivity index (χ0v) is 14.6. The van der Waals surface area contributed by atoms with Crippen LogP contribution in [0.3, 0.4) is 0 Å². The highest BCUT2D eigenvalue weighted by molar-refractivity contribution is 7.15. The quantitative estimate of drug-likeness (QED) is 0.596. The molecule has 0 aromatic carbocycles. The fourth-order valence-corrected chi connectivity index (χ4v) is 5.01. The van der Waals surface area contributed by atoms with Crippen LogP contribution >= 0.6 is 11.3 Å². The van der Waals surface area contributed by atoms with Gasteiger partial charge in [0.1, 0.15) is 11.5 Å². The summed E-state index contributed by atoms with van der Waals surface area (Å²) >= 11 is 1.89. The highest BCUT2D eigenvalue weighted by Gasteiger charge is 2.50. The second-order valence-electron chi connectivity index (χ2n) is 7.22. The van der Waals surface area contributed by atoms with Gasteiger partial charge in [-0.3, -0.25) is 0 Å². The van der Waals surface area contributed by atoms with Crippen molar-refractivity contribution in [1.29, 1.82) is 0 Å². The van der Waals surface area contributed by atoms with E-state index in [0.29, 0.717) is 0 Å². The first kappa shape index (κ1) is 13.9. The van der Waals surface area contributed by atoms with Gasteiger partial charge in [0.25, 0.3) is 0 Å². The van der Waals surface area contributed by atoms with Crippen molar-refractivity contribution in [3.8, 4) is 10.6 Å². The van der Waals surface area contributed by atoms with Crippen molar-refractivity contribution in [2.45, 2.75) is 66.2 Å². The van der Waals surface area contributed by atoms with Crippen LogP contribution < -0.4 is 0 Å². The number of furan rings is 1. The fourth-order valence-electron chi connectivity index (χ4n) is 3.70. The molecule has 2 heteroatoms. The Bertz CT molecular complexity index is 648. The first-order valence-electron chi connectivity index (χ1n) is 7.32. The molecule has 0 saturated heterocycles. The summed E-state index contributed by atoms with van der Waals surface area (Å²) in [7, 11) is 0. The molecular formula is C18H24OS. The molecule has 0 aliphatic heterocycles. The Morgan fingerprint density at radius 3 is 1.95 bits per heavy atom. The molecule has 3 rings (SSSR count). The monoisotopic (exact) mass is 288 g/mol. The van der Waals surface area contributed by atoms with Crippen molar-refractivity contribution in [3.05, 3.63) is 32.9 Å². The Morgan fingerprint density at radius 2 is 1.35 bits per heavy atom. The first-order valence-corrected chi connectivity index (χ1v) is 8.13. The van der Waals surface area contributed by atoms with Gasteiger partial charge >= 0.3 is 0 Å². The van der Waals surface area contributed by atoms with Crippen LogP contribution in [-0.2, 0) is 10.8 Å². The van der Waals surface area contributed by atoms with E-state index in [0.717, 1.165) is 11.5 Å². The van der Waals surface area contributed by atoms with Gasteiger partial charge in [0.15, 0.2) is 0 Å². The van der Waals surface area contributed by atoms with E-state index in [2.05, 4.69) is 55.4 Å². The van der Waals surface area contributed by atoms with Crippen LogP contribution in [0.2, 0.25) is 0 Å². The molecule has 0 N–H and O–H groups in total. The molecule has 2 heterocycles. The molecule has 0 unspecified atom stereocenters. The molecule has 1 aliphatic rings. The Hall–Kier alpha value is -1.02. The van der Waals surface area contributed by atoms with Crippen molar-refractivity contribution in [2.75, 3.05) is 0 Å². The van der Waals surface area contributed by atoms with Crippen molar-refractivity contribution < 1.29 is 4.42 Å². The molecular weight excluding hydrogens is 264 g/mol. The maximum Gasteiger partial charge on any atom is 0.148 e. The van der Waals surface area contributed by atoms with Gasteiger partial charge in [-0.1, -0.05) is 27.7 Å². The van der Waals surface area contributed by atoms with E-state index < -0.39 is 0 Å². The maximum atomic E-state index is 6.17. The third-order valence-electron chi connectivity index (χ3n) is 5.79. The summed E-state index contributed by atoms with van der Waals surface area (Å²) in [6, 6.07) is 0. The first-order chi connectivity index (χ1) is 9.10. The predicted octanol–water partition coefficient (Wildman–Crippen LogP) is 5.81. The van der Waals surface area contributed by atoms with Crippen molar-refractivity contribution >= 4 is 11.3 Å². The lowest BCUT2D eigenvalue weighted by atomic mass is 9.57. The summed E-state index contributed by atoms with van der Waals surface area (Å²) in [4.78, 5) is 2.77. The van der Waals surface area contributed by atoms with Gasteiger partial charge in [-0.05, 0) is 44.4 Å². The summed E-state index contributed by atoms with van der Waals surface area (Å²) in [5.74, 6) is 2.19. The van der Waals surface area contributed by atoms with Crippen LogP contribution in [0.25, 0.3) is 10.6 Å². The zero-order chi connectivity index (χ0) is 15.0. The lowest BCUT2D eigenvalue weighted by molar-refractivity contribution is 0.294. The number of thiophene rings is 1. The van der Waals surface area contributed by atoms with Crippen molar-refractivity contribution in [2.24, 2.45) is 0 Å². The number of aryl methyl sites for hydroxylation is 2. The van der Waals surface area contributed by atoms with Gasteiger partial charge in [-0.2, -0.15) is 0 Å². The van der Waals surface area contributed by atoms with E-state index in [4.69, 9.17) is 4.42 Å². The minimum Gasteiger partial charge on any atom is -0.460 e. The largest absolute Gasteiger partial charge is 0.460 e. The molecule has 0 spiro atoms. The Labute approximate surface area is 126 Å². The minimum absolute atomic E-state index is 0.0788. The van der Waals surface area contributed by atoms with Crippen LogP contribution in [0.4, 0.5) is 0 Å². The molecule has 108 valence electrons. The maximum absolute atomic E-state index is 6.17. The van der Waals surface area contributed by atoms with Gasteiger partial charge in [0.05, 0.1) is 4.88 Å². The van der Waals surface area contributed by atoms with E-state index in [9.17, 15) is 0 Å². The van der Waals surface area contributed by atoms with E-state index in [-0.39, 0.29) is 10.8 Å². The van der Waals surface area contributed by atoms with Crippen LogP contribution in [0, 0.1) is 27.7 Å². The average molecular weight is 288 g/mol. The normalized spacial score (nSPS) is 18.8. The standard InChI is InChI=1S/C18H24OS/c1-9-11(3)19-15-13(9)17(5,6)18(7,8)14-10(2)12(4)20-16(14)15/h1-8H3. The van der Waals surface area contributed by atoms with Crippen molar-refractivity contribution in [3.63, 3.8) is 0 Å². The lowest BCUT2D eigenvalue weighted by Crippen LogP contribution is -2.43. The van der Waals surface area contributed by atoms with Gasteiger partial charge in [-0.25, -0.2) is 0 Å². The van der Waals surface area contributed by atoms with Crippen LogP contribution in [0.5, 0.6) is 0 Å². The summed E-state index contributed by atoms with van der Waals surface area (Å²) in [5.41, 5.74) is 5.87. The predicted molar refractivity (Wildman–Crippen MR) is 87.0 cm³/mol. The fraction of sp³-hybridized carbons (Fsp3) is 0.556. The topological polar surface area (TPSA) is 13.1 Å². The Morgan fingerprint density at radius 1 is 0.800 bits per heavy atom. The van der Waals surface area contributed by atoms with Crippen LogP contribution in [0.1, 0.15) is 60.6 Å². The molecule has 0 saturated carbocycles. The third-order valence-corrected chi connectivity index (χ3v) is 7.00. The number of fused-ring (bicyclic) bond motifs is 3. The molecule has 0 bridgehead atoms. The van der Waals surface area contributed by atoms with E-state index in [1.54, 1.807) is 0 Å². The third kappa shape index (κ3) is 1.38. The molecule has 1 nitrogen and oxygen atoms in total. The molecule has 0 amide bonds. The van der Waals surface area contributed by atoms with Crippen LogP contribution in [0.15, 0.2) is 4.42 Å². The number of rotatable bonds is 0. The second-order valence-corrected chi connectivity index (χ2v) is 8.45. The highest BCUT2D eigenvalue weighted by atomic mass is 32.1. The van der Waals surface area contributed by atoms with E-state index in [1.807, 2.05) is 11.3 Å². The Balaban J connectivity index is 2.50. The summed E-state index contributed by atoms with van der Waals surface area (Å²) in [6.45, 7) is 18.3. The molecule has 0 radical (unpaired) electrons. The van der Waals surface area contributed by atoms with Gasteiger partial charge in [0.2, 0.25) is 0 Å². The molecule has 0 atom stereocenters. The Kier molecular flexibility index (Phi) is 2.64. The number of hydrogen-bond donors (Lipinski definition) is 0. The summed E-state index contributed by atoms with van der Waals surface area (Å²) in [6.07, 6.45) is 0. The number of hydrogen-bond acceptors (Lipinski definition) is 2. The van der Waals surface area contributed by atoms with Gasteiger partial charge in [-0.15, -0.1) is 11.3 Å². The van der Waals surface area contributed by atoms with Gasteiger partial charge in [0, 0.05) is 21.3 Å². The average Bonchev–Trinajstić information content (AvgIpc) is 2.78. The zero-order valence-electron chi connectivity index (χ0n) is 13.8. The van der Waals surface area contributed by atoms with Crippen LogP contribution in [-0.4, -0.2) is 0 Å². The second kappa shape index (κ2) is 3.79. The minimum atomic E-state index is 0.0788. The van der Waals surface area contributed by atoms with Gasteiger partial charge < -0.3 is 4.42 Å². The highest BCUT2D eigenvalue weighted by Crippen LogP contribution is 2.59.